The van der Waals surface area contributed by atoms with Crippen LogP contribution in [0, 0.1) is 0 Å². The van der Waals surface area contributed by atoms with Crippen molar-refractivity contribution in [3.63, 3.8) is 0 Å². The van der Waals surface area contributed by atoms with E-state index in [1.807, 2.05) is 109 Å². The van der Waals surface area contributed by atoms with Crippen molar-refractivity contribution in [3.05, 3.63) is 133 Å². The zero-order valence-corrected chi connectivity index (χ0v) is 28.7. The Kier molecular flexibility index (Phi) is 9.99. The molecule has 7 rings (SSSR count). The van der Waals surface area contributed by atoms with Crippen LogP contribution >= 0.6 is 11.3 Å². The van der Waals surface area contributed by atoms with Crippen LogP contribution in [-0.2, 0) is 12.8 Å². The zero-order chi connectivity index (χ0) is 33.4. The second-order valence-electron chi connectivity index (χ2n) is 12.0. The molecule has 0 atom stereocenters. The van der Waals surface area contributed by atoms with Gasteiger partial charge in [0, 0.05) is 34.5 Å². The zero-order valence-electron chi connectivity index (χ0n) is 27.9. The van der Waals surface area contributed by atoms with Crippen molar-refractivity contribution in [2.75, 3.05) is 0 Å². The maximum atomic E-state index is 5.08. The van der Waals surface area contributed by atoms with Gasteiger partial charge < -0.3 is 0 Å². The first-order chi connectivity index (χ1) is 24.2. The minimum absolute atomic E-state index is 0.837. The molecule has 0 saturated heterocycles. The largest absolute Gasteiger partial charge is 0.255 e. The summed E-state index contributed by atoms with van der Waals surface area (Å²) in [5, 5.41) is 0. The SMILES string of the molecule is CCCCc1c(-c2cc(-c3ccccn3)nc(-c3ccccn3)c2)sc(-c2cc(-c3ccccn3)nc(-c3ccccn3)c2)c1CCCC. The van der Waals surface area contributed by atoms with Gasteiger partial charge in [-0.25, -0.2) is 9.97 Å². The lowest BCUT2D eigenvalue weighted by atomic mass is 9.93. The molecule has 7 heteroatoms. The van der Waals surface area contributed by atoms with Crippen molar-refractivity contribution >= 4 is 11.3 Å². The highest BCUT2D eigenvalue weighted by atomic mass is 32.1. The molecule has 7 heterocycles. The van der Waals surface area contributed by atoms with Gasteiger partial charge in [-0.15, -0.1) is 11.3 Å². The average Bonchev–Trinajstić information content (AvgIpc) is 3.55. The molecule has 0 aliphatic carbocycles. The lowest BCUT2D eigenvalue weighted by molar-refractivity contribution is 0.763. The Hall–Kier alpha value is -5.40. The predicted molar refractivity (Wildman–Crippen MR) is 201 cm³/mol. The molecule has 0 aliphatic heterocycles. The summed E-state index contributed by atoms with van der Waals surface area (Å²) < 4.78 is 0. The van der Waals surface area contributed by atoms with Gasteiger partial charge >= 0.3 is 0 Å². The van der Waals surface area contributed by atoms with Gasteiger partial charge in [0.15, 0.2) is 0 Å². The molecule has 0 saturated carbocycles. The number of hydrogen-bond donors (Lipinski definition) is 0. The molecule has 7 aromatic heterocycles. The van der Waals surface area contributed by atoms with Crippen molar-refractivity contribution in [2.24, 2.45) is 0 Å². The van der Waals surface area contributed by atoms with Crippen LogP contribution in [0.2, 0.25) is 0 Å². The molecular formula is C42H38N6S. The Bertz CT molecular complexity index is 1860. The van der Waals surface area contributed by atoms with Crippen molar-refractivity contribution < 1.29 is 0 Å². The van der Waals surface area contributed by atoms with Crippen LogP contribution < -0.4 is 0 Å². The standard InChI is InChI=1S/C42H38N6S/c1-3-5-15-31-32(16-6-4-2)42(30-27-39(35-19-9-13-23-45-35)48-40(28-30)36-20-10-14-24-46-36)49-41(31)29-25-37(33-17-7-11-21-43-33)47-38(26-29)34-18-8-12-22-44-34/h7-14,17-28H,3-6,15-16H2,1-2H3. The molecule has 0 spiro atoms. The van der Waals surface area contributed by atoms with Gasteiger partial charge in [-0.2, -0.15) is 0 Å². The fourth-order valence-electron chi connectivity index (χ4n) is 6.11. The van der Waals surface area contributed by atoms with Crippen molar-refractivity contribution in [1.29, 1.82) is 0 Å². The highest BCUT2D eigenvalue weighted by molar-refractivity contribution is 7.19. The summed E-state index contributed by atoms with van der Waals surface area (Å²) in [6.45, 7) is 4.54. The summed E-state index contributed by atoms with van der Waals surface area (Å²) in [6.07, 6.45) is 13.8. The van der Waals surface area contributed by atoms with E-state index in [1.165, 1.54) is 20.9 Å². The van der Waals surface area contributed by atoms with Gasteiger partial charge in [-0.3, -0.25) is 19.9 Å². The number of pyridine rings is 6. The Balaban J connectivity index is 1.48. The number of thiophene rings is 1. The van der Waals surface area contributed by atoms with Crippen LogP contribution in [0.15, 0.2) is 122 Å². The molecule has 49 heavy (non-hydrogen) atoms. The molecule has 242 valence electrons. The van der Waals surface area contributed by atoms with Crippen molar-refractivity contribution in [2.45, 2.75) is 52.4 Å². The summed E-state index contributed by atoms with van der Waals surface area (Å²) in [5.41, 5.74) is 11.8. The van der Waals surface area contributed by atoms with Crippen molar-refractivity contribution in [1.82, 2.24) is 29.9 Å². The second kappa shape index (κ2) is 15.2. The molecule has 0 bridgehead atoms. The van der Waals surface area contributed by atoms with Gasteiger partial charge in [0.2, 0.25) is 0 Å². The van der Waals surface area contributed by atoms with E-state index in [4.69, 9.17) is 9.97 Å². The number of aromatic nitrogens is 6. The molecule has 0 amide bonds. The number of rotatable bonds is 12. The van der Waals surface area contributed by atoms with E-state index in [2.05, 4.69) is 58.0 Å². The fraction of sp³-hybridized carbons (Fsp3) is 0.190. The number of hydrogen-bond acceptors (Lipinski definition) is 7. The highest BCUT2D eigenvalue weighted by Crippen LogP contribution is 2.46. The van der Waals surface area contributed by atoms with E-state index in [9.17, 15) is 0 Å². The summed E-state index contributed by atoms with van der Waals surface area (Å²) >= 11 is 1.87. The third-order valence-corrected chi connectivity index (χ3v) is 9.93. The smallest absolute Gasteiger partial charge is 0.0900 e. The minimum atomic E-state index is 0.837. The Morgan fingerprint density at radius 2 is 0.755 bits per heavy atom. The normalized spacial score (nSPS) is 11.1. The Labute approximate surface area is 292 Å². The first-order valence-electron chi connectivity index (χ1n) is 17.1. The van der Waals surface area contributed by atoms with Gasteiger partial charge in [-0.05, 0) is 121 Å². The maximum absolute atomic E-state index is 5.08. The molecule has 0 fully saturated rings. The Morgan fingerprint density at radius 3 is 1.02 bits per heavy atom. The van der Waals surface area contributed by atoms with Gasteiger partial charge in [0.1, 0.15) is 0 Å². The van der Waals surface area contributed by atoms with Crippen LogP contribution in [0.4, 0.5) is 0 Å². The molecular weight excluding hydrogens is 621 g/mol. The summed E-state index contributed by atoms with van der Waals surface area (Å²) in [6, 6.07) is 32.7. The second-order valence-corrected chi connectivity index (χ2v) is 13.1. The van der Waals surface area contributed by atoms with Crippen LogP contribution in [0.1, 0.15) is 50.7 Å². The number of nitrogens with zero attached hydrogens (tertiary/aromatic N) is 6. The third kappa shape index (κ3) is 7.22. The maximum Gasteiger partial charge on any atom is 0.0900 e. The molecule has 0 aromatic carbocycles. The van der Waals surface area contributed by atoms with Gasteiger partial charge in [0.05, 0.1) is 45.6 Å². The van der Waals surface area contributed by atoms with E-state index >= 15 is 0 Å². The molecule has 0 unspecified atom stereocenters. The van der Waals surface area contributed by atoms with E-state index in [0.29, 0.717) is 0 Å². The quantitative estimate of drug-likeness (QED) is 0.130. The highest BCUT2D eigenvalue weighted by Gasteiger charge is 2.23. The lowest BCUT2D eigenvalue weighted by Gasteiger charge is -2.12. The molecule has 0 aliphatic rings. The van der Waals surface area contributed by atoms with Crippen LogP contribution in [0.25, 0.3) is 66.4 Å². The fourth-order valence-corrected chi connectivity index (χ4v) is 7.48. The van der Waals surface area contributed by atoms with Gasteiger partial charge in [-0.1, -0.05) is 51.0 Å². The van der Waals surface area contributed by atoms with Crippen LogP contribution in [-0.4, -0.2) is 29.9 Å². The monoisotopic (exact) mass is 658 g/mol. The molecule has 7 aromatic rings. The molecule has 0 N–H and O–H groups in total. The third-order valence-electron chi connectivity index (χ3n) is 8.56. The average molecular weight is 659 g/mol. The van der Waals surface area contributed by atoms with Crippen molar-refractivity contribution in [3.8, 4) is 66.4 Å². The van der Waals surface area contributed by atoms with E-state index in [-0.39, 0.29) is 0 Å². The minimum Gasteiger partial charge on any atom is -0.255 e. The van der Waals surface area contributed by atoms with Crippen LogP contribution in [0.5, 0.6) is 0 Å². The summed E-state index contributed by atoms with van der Waals surface area (Å²) in [7, 11) is 0. The lowest BCUT2D eigenvalue weighted by Crippen LogP contribution is -1.97. The first kappa shape index (κ1) is 32.2. The van der Waals surface area contributed by atoms with E-state index in [1.54, 1.807) is 0 Å². The number of unbranched alkanes of at least 4 members (excludes halogenated alkanes) is 2. The van der Waals surface area contributed by atoms with Crippen LogP contribution in [0.3, 0.4) is 0 Å². The summed E-state index contributed by atoms with van der Waals surface area (Å²) in [4.78, 5) is 31.4. The Morgan fingerprint density at radius 1 is 0.429 bits per heavy atom. The van der Waals surface area contributed by atoms with Gasteiger partial charge in [0.25, 0.3) is 0 Å². The molecule has 0 radical (unpaired) electrons. The summed E-state index contributed by atoms with van der Waals surface area (Å²) in [5.74, 6) is 0. The van der Waals surface area contributed by atoms with E-state index < -0.39 is 0 Å². The molecule has 6 nitrogen and oxygen atoms in total. The predicted octanol–water partition coefficient (Wildman–Crippen LogP) is 10.8. The van der Waals surface area contributed by atoms with E-state index in [0.717, 1.165) is 95.2 Å². The first-order valence-corrected chi connectivity index (χ1v) is 17.9. The topological polar surface area (TPSA) is 77.3 Å².